The van der Waals surface area contributed by atoms with E-state index in [2.05, 4.69) is 0 Å². The van der Waals surface area contributed by atoms with Gasteiger partial charge >= 0.3 is 5.97 Å². The van der Waals surface area contributed by atoms with E-state index in [-0.39, 0.29) is 0 Å². The van der Waals surface area contributed by atoms with Gasteiger partial charge in [0.15, 0.2) is 0 Å². The van der Waals surface area contributed by atoms with Crippen LogP contribution in [0, 0.1) is 0 Å². The number of methoxy groups -OCH3 is 1. The smallest absolute Gasteiger partial charge is 0.328 e. The van der Waals surface area contributed by atoms with Gasteiger partial charge in [-0.2, -0.15) is 0 Å². The number of ether oxygens (including phenoxy) is 2. The lowest BCUT2D eigenvalue weighted by molar-refractivity contribution is -0.131. The number of benzene rings is 2. The standard InChI is InChI=1S/C20H20O4/c1-23-17-7-5-14(6-8-17)13-24-18-9-10-19-15(11-18)3-2-4-16(19)12-20(21)22/h5-12H,2-4,13H2,1H3,(H,21,22)/b16-12+. The summed E-state index contributed by atoms with van der Waals surface area (Å²) in [5.41, 5.74) is 4.15. The number of carboxylic acids is 1. The molecule has 0 heterocycles. The predicted molar refractivity (Wildman–Crippen MR) is 92.3 cm³/mol. The van der Waals surface area contributed by atoms with Gasteiger partial charge in [0.1, 0.15) is 18.1 Å². The first-order chi connectivity index (χ1) is 11.7. The Morgan fingerprint density at radius 1 is 1.12 bits per heavy atom. The van der Waals surface area contributed by atoms with Gasteiger partial charge in [0.25, 0.3) is 0 Å². The third kappa shape index (κ3) is 3.77. The minimum Gasteiger partial charge on any atom is -0.497 e. The van der Waals surface area contributed by atoms with Crippen molar-refractivity contribution in [2.45, 2.75) is 25.9 Å². The molecule has 2 aromatic carbocycles. The van der Waals surface area contributed by atoms with Crippen molar-refractivity contribution >= 4 is 11.5 Å². The van der Waals surface area contributed by atoms with Crippen LogP contribution in [0.1, 0.15) is 29.5 Å². The Morgan fingerprint density at radius 3 is 2.58 bits per heavy atom. The van der Waals surface area contributed by atoms with Crippen LogP contribution in [0.4, 0.5) is 0 Å². The lowest BCUT2D eigenvalue weighted by atomic mass is 9.87. The zero-order chi connectivity index (χ0) is 16.9. The molecule has 1 aliphatic carbocycles. The Morgan fingerprint density at radius 2 is 1.88 bits per heavy atom. The average molecular weight is 324 g/mol. The normalized spacial score (nSPS) is 15.0. The zero-order valence-corrected chi connectivity index (χ0v) is 13.6. The highest BCUT2D eigenvalue weighted by Crippen LogP contribution is 2.33. The highest BCUT2D eigenvalue weighted by Gasteiger charge is 2.15. The minimum atomic E-state index is -0.891. The number of hydrogen-bond acceptors (Lipinski definition) is 3. The van der Waals surface area contributed by atoms with Gasteiger partial charge in [0, 0.05) is 6.08 Å². The molecule has 124 valence electrons. The Hall–Kier alpha value is -2.75. The fourth-order valence-corrected chi connectivity index (χ4v) is 2.97. The molecule has 0 unspecified atom stereocenters. The molecular weight excluding hydrogens is 304 g/mol. The van der Waals surface area contributed by atoms with Crippen molar-refractivity contribution in [1.82, 2.24) is 0 Å². The number of carboxylic acid groups (broad SMARTS) is 1. The SMILES string of the molecule is COc1ccc(COc2ccc3c(c2)CCC/C3=C\C(=O)O)cc1. The average Bonchev–Trinajstić information content (AvgIpc) is 2.60. The van der Waals surface area contributed by atoms with Crippen molar-refractivity contribution in [2.24, 2.45) is 0 Å². The van der Waals surface area contributed by atoms with Crippen LogP contribution in [-0.2, 0) is 17.8 Å². The van der Waals surface area contributed by atoms with E-state index in [0.717, 1.165) is 53.0 Å². The van der Waals surface area contributed by atoms with Crippen molar-refractivity contribution < 1.29 is 19.4 Å². The van der Waals surface area contributed by atoms with E-state index in [1.54, 1.807) is 7.11 Å². The highest BCUT2D eigenvalue weighted by molar-refractivity contribution is 5.91. The second kappa shape index (κ2) is 7.21. The molecule has 1 aliphatic rings. The van der Waals surface area contributed by atoms with Crippen LogP contribution < -0.4 is 9.47 Å². The summed E-state index contributed by atoms with van der Waals surface area (Å²) in [6.45, 7) is 0.487. The fraction of sp³-hybridized carbons (Fsp3) is 0.250. The van der Waals surface area contributed by atoms with Crippen LogP contribution in [-0.4, -0.2) is 18.2 Å². The number of fused-ring (bicyclic) bond motifs is 1. The summed E-state index contributed by atoms with van der Waals surface area (Å²) in [5.74, 6) is 0.740. The van der Waals surface area contributed by atoms with Crippen molar-refractivity contribution in [3.63, 3.8) is 0 Å². The highest BCUT2D eigenvalue weighted by atomic mass is 16.5. The van der Waals surface area contributed by atoms with Crippen molar-refractivity contribution in [1.29, 1.82) is 0 Å². The van der Waals surface area contributed by atoms with Gasteiger partial charge in [-0.05, 0) is 65.8 Å². The third-order valence-electron chi connectivity index (χ3n) is 4.18. The molecule has 4 heteroatoms. The molecule has 24 heavy (non-hydrogen) atoms. The first kappa shape index (κ1) is 16.1. The van der Waals surface area contributed by atoms with Crippen LogP contribution in [0.15, 0.2) is 48.5 Å². The van der Waals surface area contributed by atoms with Crippen LogP contribution >= 0.6 is 0 Å². The summed E-state index contributed by atoms with van der Waals surface area (Å²) >= 11 is 0. The summed E-state index contributed by atoms with van der Waals surface area (Å²) in [6.07, 6.45) is 4.04. The summed E-state index contributed by atoms with van der Waals surface area (Å²) in [6, 6.07) is 13.7. The zero-order valence-electron chi connectivity index (χ0n) is 13.6. The molecule has 0 aliphatic heterocycles. The lowest BCUT2D eigenvalue weighted by Gasteiger charge is -2.19. The fourth-order valence-electron chi connectivity index (χ4n) is 2.97. The molecule has 0 spiro atoms. The van der Waals surface area contributed by atoms with Gasteiger partial charge < -0.3 is 14.6 Å². The lowest BCUT2D eigenvalue weighted by Crippen LogP contribution is -2.05. The molecule has 0 radical (unpaired) electrons. The van der Waals surface area contributed by atoms with Crippen LogP contribution in [0.5, 0.6) is 11.5 Å². The van der Waals surface area contributed by atoms with E-state index in [4.69, 9.17) is 14.6 Å². The summed E-state index contributed by atoms with van der Waals surface area (Å²) < 4.78 is 11.0. The largest absolute Gasteiger partial charge is 0.497 e. The molecule has 0 bridgehead atoms. The Balaban J connectivity index is 1.72. The predicted octanol–water partition coefficient (Wildman–Crippen LogP) is 4.08. The number of rotatable bonds is 5. The van der Waals surface area contributed by atoms with Crippen LogP contribution in [0.2, 0.25) is 0 Å². The molecule has 0 aromatic heterocycles. The molecule has 0 atom stereocenters. The minimum absolute atomic E-state index is 0.487. The second-order valence-electron chi connectivity index (χ2n) is 5.82. The molecule has 1 N–H and O–H groups in total. The molecule has 3 rings (SSSR count). The summed E-state index contributed by atoms with van der Waals surface area (Å²) in [7, 11) is 1.64. The molecule has 4 nitrogen and oxygen atoms in total. The number of carbonyl (C=O) groups is 1. The number of allylic oxidation sites excluding steroid dienone is 1. The van der Waals surface area contributed by atoms with Gasteiger partial charge in [0.05, 0.1) is 7.11 Å². The van der Waals surface area contributed by atoms with E-state index in [1.165, 1.54) is 6.08 Å². The summed E-state index contributed by atoms with van der Waals surface area (Å²) in [5, 5.41) is 8.98. The first-order valence-corrected chi connectivity index (χ1v) is 7.98. The molecule has 0 saturated carbocycles. The van der Waals surface area contributed by atoms with E-state index in [1.807, 2.05) is 42.5 Å². The van der Waals surface area contributed by atoms with Gasteiger partial charge in [-0.1, -0.05) is 18.2 Å². The molecule has 0 saturated heterocycles. The van der Waals surface area contributed by atoms with Crippen molar-refractivity contribution in [3.8, 4) is 11.5 Å². The molecule has 0 fully saturated rings. The molecule has 0 amide bonds. The third-order valence-corrected chi connectivity index (χ3v) is 4.18. The van der Waals surface area contributed by atoms with Crippen LogP contribution in [0.25, 0.3) is 5.57 Å². The van der Waals surface area contributed by atoms with Crippen LogP contribution in [0.3, 0.4) is 0 Å². The Labute approximate surface area is 141 Å². The molecule has 2 aromatic rings. The van der Waals surface area contributed by atoms with Gasteiger partial charge in [-0.3, -0.25) is 0 Å². The molecular formula is C20H20O4. The Bertz CT molecular complexity index is 760. The maximum Gasteiger partial charge on any atom is 0.328 e. The monoisotopic (exact) mass is 324 g/mol. The maximum atomic E-state index is 10.9. The van der Waals surface area contributed by atoms with Crippen molar-refractivity contribution in [3.05, 3.63) is 65.2 Å². The number of aliphatic carboxylic acids is 1. The van der Waals surface area contributed by atoms with E-state index >= 15 is 0 Å². The number of aryl methyl sites for hydroxylation is 1. The van der Waals surface area contributed by atoms with Gasteiger partial charge in [-0.15, -0.1) is 0 Å². The van der Waals surface area contributed by atoms with Crippen molar-refractivity contribution in [2.75, 3.05) is 7.11 Å². The van der Waals surface area contributed by atoms with Gasteiger partial charge in [-0.25, -0.2) is 4.79 Å². The van der Waals surface area contributed by atoms with E-state index in [9.17, 15) is 4.79 Å². The van der Waals surface area contributed by atoms with Gasteiger partial charge in [0.2, 0.25) is 0 Å². The summed E-state index contributed by atoms with van der Waals surface area (Å²) in [4.78, 5) is 10.9. The first-order valence-electron chi connectivity index (χ1n) is 7.98. The van der Waals surface area contributed by atoms with E-state index < -0.39 is 5.97 Å². The second-order valence-corrected chi connectivity index (χ2v) is 5.82. The topological polar surface area (TPSA) is 55.8 Å². The maximum absolute atomic E-state index is 10.9. The quantitative estimate of drug-likeness (QED) is 0.842. The number of hydrogen-bond donors (Lipinski definition) is 1. The van der Waals surface area contributed by atoms with E-state index in [0.29, 0.717) is 6.61 Å². The Kier molecular flexibility index (Phi) is 4.85.